The van der Waals surface area contributed by atoms with E-state index in [1.54, 1.807) is 24.0 Å². The number of ether oxygens (including phenoxy) is 3. The van der Waals surface area contributed by atoms with Crippen LogP contribution in [-0.4, -0.2) is 67.3 Å². The molecule has 2 heterocycles. The number of nitrogens with zero attached hydrogens (tertiary/aromatic N) is 2. The van der Waals surface area contributed by atoms with Gasteiger partial charge in [0, 0.05) is 24.7 Å². The first-order chi connectivity index (χ1) is 13.5. The fourth-order valence-electron chi connectivity index (χ4n) is 3.78. The molecule has 0 aliphatic carbocycles. The van der Waals surface area contributed by atoms with E-state index in [2.05, 4.69) is 11.8 Å². The molecule has 28 heavy (non-hydrogen) atoms. The van der Waals surface area contributed by atoms with E-state index in [1.165, 1.54) is 0 Å². The monoisotopic (exact) mass is 410 g/mol. The molecule has 0 radical (unpaired) electrons. The minimum atomic E-state index is -0.303. The lowest BCUT2D eigenvalue weighted by molar-refractivity contribution is -0.143. The van der Waals surface area contributed by atoms with Gasteiger partial charge >= 0.3 is 5.97 Å². The molecular formula is C20H27ClN2O5. The van der Waals surface area contributed by atoms with Crippen LogP contribution in [-0.2, 0) is 9.53 Å². The highest BCUT2D eigenvalue weighted by molar-refractivity contribution is 6.32. The summed E-state index contributed by atoms with van der Waals surface area (Å²) in [4.78, 5) is 29.2. The number of benzene rings is 1. The molecule has 1 saturated heterocycles. The van der Waals surface area contributed by atoms with Crippen LogP contribution < -0.4 is 9.47 Å². The summed E-state index contributed by atoms with van der Waals surface area (Å²) in [5, 5.41) is 0.347. The molecule has 2 aliphatic heterocycles. The number of fused-ring (bicyclic) bond motifs is 1. The average molecular weight is 411 g/mol. The van der Waals surface area contributed by atoms with Crippen LogP contribution in [0.15, 0.2) is 12.1 Å². The van der Waals surface area contributed by atoms with Crippen molar-refractivity contribution in [3.8, 4) is 11.5 Å². The van der Waals surface area contributed by atoms with Crippen molar-refractivity contribution in [3.63, 3.8) is 0 Å². The maximum absolute atomic E-state index is 13.3. The Morgan fingerprint density at radius 1 is 1.32 bits per heavy atom. The summed E-state index contributed by atoms with van der Waals surface area (Å²) in [6.07, 6.45) is 2.32. The number of halogens is 1. The average Bonchev–Trinajstić information content (AvgIpc) is 3.33. The number of likely N-dealkylation sites (N-methyl/N-ethyl adjacent to an activating group) is 1. The van der Waals surface area contributed by atoms with Gasteiger partial charge in [0.1, 0.15) is 0 Å². The van der Waals surface area contributed by atoms with Crippen LogP contribution in [0.2, 0.25) is 5.02 Å². The van der Waals surface area contributed by atoms with Crippen LogP contribution in [0.3, 0.4) is 0 Å². The largest absolute Gasteiger partial charge is 0.466 e. The first-order valence-electron chi connectivity index (χ1n) is 9.81. The third kappa shape index (κ3) is 4.70. The smallest absolute Gasteiger partial charge is 0.307 e. The number of likely N-dealkylation sites (tertiary alicyclic amines) is 1. The minimum Gasteiger partial charge on any atom is -0.466 e. The van der Waals surface area contributed by atoms with E-state index >= 15 is 0 Å². The van der Waals surface area contributed by atoms with E-state index in [0.717, 1.165) is 25.9 Å². The van der Waals surface area contributed by atoms with Gasteiger partial charge in [0.2, 0.25) is 6.79 Å². The molecule has 0 N–H and O–H groups in total. The Morgan fingerprint density at radius 2 is 2.14 bits per heavy atom. The summed E-state index contributed by atoms with van der Waals surface area (Å²) in [6, 6.07) is 3.54. The molecule has 8 heteroatoms. The van der Waals surface area contributed by atoms with E-state index in [1.807, 2.05) is 0 Å². The van der Waals surface area contributed by atoms with Crippen molar-refractivity contribution in [3.05, 3.63) is 22.7 Å². The number of rotatable bonds is 8. The van der Waals surface area contributed by atoms with Crippen LogP contribution in [0.25, 0.3) is 0 Å². The van der Waals surface area contributed by atoms with Crippen molar-refractivity contribution in [1.29, 1.82) is 0 Å². The molecule has 1 amide bonds. The number of hydrogen-bond acceptors (Lipinski definition) is 6. The lowest BCUT2D eigenvalue weighted by Crippen LogP contribution is -2.44. The van der Waals surface area contributed by atoms with Crippen LogP contribution in [0.1, 0.15) is 43.5 Å². The molecule has 2 aliphatic rings. The van der Waals surface area contributed by atoms with Crippen molar-refractivity contribution in [2.45, 2.75) is 39.2 Å². The Hall–Kier alpha value is -1.99. The third-order valence-electron chi connectivity index (χ3n) is 5.19. The molecule has 1 fully saturated rings. The molecule has 0 saturated carbocycles. The molecule has 154 valence electrons. The van der Waals surface area contributed by atoms with Gasteiger partial charge in [0.05, 0.1) is 18.1 Å². The zero-order valence-corrected chi connectivity index (χ0v) is 17.2. The van der Waals surface area contributed by atoms with Crippen molar-refractivity contribution in [1.82, 2.24) is 9.80 Å². The Bertz CT molecular complexity index is 727. The minimum absolute atomic E-state index is 0.0901. The zero-order valence-electron chi connectivity index (χ0n) is 16.4. The Morgan fingerprint density at radius 3 is 2.89 bits per heavy atom. The Balaban J connectivity index is 1.77. The lowest BCUT2D eigenvalue weighted by Gasteiger charge is -2.30. The normalized spacial score (nSPS) is 18.3. The highest BCUT2D eigenvalue weighted by Crippen LogP contribution is 2.40. The van der Waals surface area contributed by atoms with E-state index in [-0.39, 0.29) is 25.1 Å². The lowest BCUT2D eigenvalue weighted by atomic mass is 10.1. The summed E-state index contributed by atoms with van der Waals surface area (Å²) in [6.45, 7) is 7.17. The van der Waals surface area contributed by atoms with Gasteiger partial charge in [-0.15, -0.1) is 0 Å². The van der Waals surface area contributed by atoms with Gasteiger partial charge in [-0.1, -0.05) is 18.5 Å². The van der Waals surface area contributed by atoms with Gasteiger partial charge in [0.25, 0.3) is 5.91 Å². The van der Waals surface area contributed by atoms with E-state index in [9.17, 15) is 9.59 Å². The van der Waals surface area contributed by atoms with Gasteiger partial charge in [-0.2, -0.15) is 0 Å². The maximum Gasteiger partial charge on any atom is 0.307 e. The van der Waals surface area contributed by atoms with Crippen molar-refractivity contribution in [2.24, 2.45) is 0 Å². The van der Waals surface area contributed by atoms with Gasteiger partial charge in [-0.3, -0.25) is 14.5 Å². The molecule has 1 aromatic carbocycles. The topological polar surface area (TPSA) is 68.3 Å². The van der Waals surface area contributed by atoms with Crippen LogP contribution in [0, 0.1) is 0 Å². The molecule has 0 aromatic heterocycles. The quantitative estimate of drug-likeness (QED) is 0.614. The Labute approximate surface area is 170 Å². The SMILES string of the molecule is CCOC(=O)CCN(CC1CCCN1CC)C(=O)c1cc(Cl)c2c(c1)OCO2. The van der Waals surface area contributed by atoms with E-state index < -0.39 is 0 Å². The first-order valence-corrected chi connectivity index (χ1v) is 10.2. The Kier molecular flexibility index (Phi) is 7.02. The second-order valence-electron chi connectivity index (χ2n) is 6.92. The number of esters is 1. The number of carbonyl (C=O) groups is 2. The van der Waals surface area contributed by atoms with Crippen LogP contribution in [0.5, 0.6) is 11.5 Å². The fraction of sp³-hybridized carbons (Fsp3) is 0.600. The van der Waals surface area contributed by atoms with Crippen molar-refractivity contribution < 1.29 is 23.8 Å². The van der Waals surface area contributed by atoms with Crippen molar-refractivity contribution in [2.75, 3.05) is 39.6 Å². The fourth-order valence-corrected chi connectivity index (χ4v) is 4.05. The zero-order chi connectivity index (χ0) is 20.1. The van der Waals surface area contributed by atoms with Crippen LogP contribution >= 0.6 is 11.6 Å². The number of hydrogen-bond donors (Lipinski definition) is 0. The third-order valence-corrected chi connectivity index (χ3v) is 5.47. The highest BCUT2D eigenvalue weighted by atomic mass is 35.5. The summed E-state index contributed by atoms with van der Waals surface area (Å²) < 4.78 is 15.7. The van der Waals surface area contributed by atoms with Crippen molar-refractivity contribution >= 4 is 23.5 Å². The molecule has 1 unspecified atom stereocenters. The van der Waals surface area contributed by atoms with Gasteiger partial charge in [-0.05, 0) is 45.0 Å². The first kappa shape index (κ1) is 20.7. The van der Waals surface area contributed by atoms with E-state index in [4.69, 9.17) is 25.8 Å². The molecule has 1 atom stereocenters. The highest BCUT2D eigenvalue weighted by Gasteiger charge is 2.29. The predicted molar refractivity (Wildman–Crippen MR) is 105 cm³/mol. The maximum atomic E-state index is 13.3. The molecule has 0 bridgehead atoms. The predicted octanol–water partition coefficient (Wildman–Crippen LogP) is 2.95. The van der Waals surface area contributed by atoms with Crippen LogP contribution in [0.4, 0.5) is 0 Å². The molecule has 1 aromatic rings. The summed E-state index contributed by atoms with van der Waals surface area (Å²) in [5.41, 5.74) is 0.430. The van der Waals surface area contributed by atoms with E-state index in [0.29, 0.717) is 47.8 Å². The standard InChI is InChI=1S/C20H27ClN2O5/c1-3-22-8-5-6-15(22)12-23(9-7-18(24)26-4-2)20(25)14-10-16(21)19-17(11-14)27-13-28-19/h10-11,15H,3-9,12-13H2,1-2H3. The molecule has 0 spiro atoms. The van der Waals surface area contributed by atoms with Gasteiger partial charge < -0.3 is 19.1 Å². The molecule has 3 rings (SSSR count). The molecule has 7 nitrogen and oxygen atoms in total. The number of amides is 1. The summed E-state index contributed by atoms with van der Waals surface area (Å²) in [7, 11) is 0. The second kappa shape index (κ2) is 9.47. The summed E-state index contributed by atoms with van der Waals surface area (Å²) in [5.74, 6) is 0.455. The van der Waals surface area contributed by atoms with Gasteiger partial charge in [0.15, 0.2) is 11.5 Å². The summed E-state index contributed by atoms with van der Waals surface area (Å²) >= 11 is 6.25. The molecular weight excluding hydrogens is 384 g/mol. The van der Waals surface area contributed by atoms with Gasteiger partial charge in [-0.25, -0.2) is 0 Å². The number of carbonyl (C=O) groups excluding carboxylic acids is 2. The second-order valence-corrected chi connectivity index (χ2v) is 7.33.